The second kappa shape index (κ2) is 12.8. The van der Waals surface area contributed by atoms with Crippen LogP contribution in [0.4, 0.5) is 11.4 Å². The number of amides is 2. The van der Waals surface area contributed by atoms with E-state index in [1.807, 2.05) is 12.1 Å². The molecule has 1 heterocycles. The Morgan fingerprint density at radius 3 is 2.50 bits per heavy atom. The third-order valence-electron chi connectivity index (χ3n) is 7.27. The Morgan fingerprint density at radius 1 is 1.02 bits per heavy atom. The number of benzene rings is 2. The molecule has 3 aromatic carbocycles. The van der Waals surface area contributed by atoms with Gasteiger partial charge in [0, 0.05) is 23.7 Å². The van der Waals surface area contributed by atoms with Gasteiger partial charge in [-0.1, -0.05) is 18.2 Å². The van der Waals surface area contributed by atoms with Gasteiger partial charge < -0.3 is 30.2 Å². The van der Waals surface area contributed by atoms with Crippen LogP contribution in [0.1, 0.15) is 30.5 Å². The van der Waals surface area contributed by atoms with Gasteiger partial charge in [0.15, 0.2) is 11.5 Å². The summed E-state index contributed by atoms with van der Waals surface area (Å²) in [5.74, 6) is 1.24. The molecule has 4 aromatic rings. The third-order valence-corrected chi connectivity index (χ3v) is 7.27. The first kappa shape index (κ1) is 30.0. The van der Waals surface area contributed by atoms with Crippen molar-refractivity contribution in [2.75, 3.05) is 38.5 Å². The highest BCUT2D eigenvalue weighted by molar-refractivity contribution is 5.94. The first-order valence-electron chi connectivity index (χ1n) is 13.9. The molecule has 0 aliphatic heterocycles. The first-order chi connectivity index (χ1) is 21.2. The van der Waals surface area contributed by atoms with Crippen molar-refractivity contribution in [3.05, 3.63) is 69.9 Å². The van der Waals surface area contributed by atoms with Gasteiger partial charge in [0.2, 0.25) is 28.8 Å². The van der Waals surface area contributed by atoms with Crippen molar-refractivity contribution in [3.63, 3.8) is 0 Å². The number of aryl methyl sites for hydroxylation is 2. The van der Waals surface area contributed by atoms with Gasteiger partial charge in [-0.3, -0.25) is 14.4 Å². The van der Waals surface area contributed by atoms with Crippen molar-refractivity contribution < 1.29 is 23.8 Å². The van der Waals surface area contributed by atoms with Gasteiger partial charge >= 0.3 is 0 Å². The van der Waals surface area contributed by atoms with Crippen molar-refractivity contribution in [1.82, 2.24) is 25.5 Å². The van der Waals surface area contributed by atoms with Crippen LogP contribution < -0.4 is 35.6 Å². The Bertz CT molecular complexity index is 1790. The minimum absolute atomic E-state index is 0.169. The van der Waals surface area contributed by atoms with E-state index in [2.05, 4.69) is 31.4 Å². The van der Waals surface area contributed by atoms with E-state index >= 15 is 0 Å². The predicted octanol–water partition coefficient (Wildman–Crippen LogP) is 3.10. The van der Waals surface area contributed by atoms with Crippen LogP contribution in [-0.2, 0) is 23.1 Å². The molecule has 5 rings (SSSR count). The summed E-state index contributed by atoms with van der Waals surface area (Å²) in [6, 6.07) is 13.4. The van der Waals surface area contributed by atoms with E-state index in [9.17, 15) is 14.4 Å². The summed E-state index contributed by atoms with van der Waals surface area (Å²) in [5.41, 5.74) is 4.09. The molecule has 0 unspecified atom stereocenters. The van der Waals surface area contributed by atoms with Crippen molar-refractivity contribution in [2.45, 2.75) is 25.8 Å². The average molecular weight is 600 g/mol. The molecule has 0 spiro atoms. The number of rotatable bonds is 9. The fraction of sp³-hybridized carbons (Fsp3) is 0.290. The quantitative estimate of drug-likeness (QED) is 0.261. The molecule has 0 saturated heterocycles. The number of hydrogen-bond acceptors (Lipinski definition) is 10. The zero-order valence-electron chi connectivity index (χ0n) is 25.1. The fourth-order valence-electron chi connectivity index (χ4n) is 5.37. The van der Waals surface area contributed by atoms with Crippen molar-refractivity contribution in [3.8, 4) is 39.8 Å². The maximum Gasteiger partial charge on any atom is 0.243 e. The summed E-state index contributed by atoms with van der Waals surface area (Å²) >= 11 is 0. The maximum absolute atomic E-state index is 13.5. The second-order valence-corrected chi connectivity index (χ2v) is 10.2. The number of hydrogen-bond donors (Lipinski definition) is 3. The number of nitrogens with one attached hydrogen (secondary N) is 3. The monoisotopic (exact) mass is 599 g/mol. The van der Waals surface area contributed by atoms with E-state index in [-0.39, 0.29) is 29.5 Å². The normalized spacial score (nSPS) is 13.5. The number of aromatic nitrogens is 4. The minimum Gasteiger partial charge on any atom is -0.493 e. The summed E-state index contributed by atoms with van der Waals surface area (Å²) in [7, 11) is 6.29. The van der Waals surface area contributed by atoms with Crippen molar-refractivity contribution >= 4 is 23.2 Å². The molecule has 13 heteroatoms. The van der Waals surface area contributed by atoms with E-state index in [0.29, 0.717) is 58.3 Å². The molecule has 1 aliphatic rings. The highest BCUT2D eigenvalue weighted by Crippen LogP contribution is 2.50. The maximum atomic E-state index is 13.5. The van der Waals surface area contributed by atoms with Crippen LogP contribution in [0.3, 0.4) is 0 Å². The van der Waals surface area contributed by atoms with Crippen LogP contribution in [0, 0.1) is 0 Å². The van der Waals surface area contributed by atoms with Gasteiger partial charge in [0.1, 0.15) is 0 Å². The Hall–Kier alpha value is -5.46. The molecule has 2 amide bonds. The lowest BCUT2D eigenvalue weighted by molar-refractivity contribution is -0.119. The van der Waals surface area contributed by atoms with Crippen LogP contribution in [0.15, 0.2) is 53.3 Å². The first-order valence-corrected chi connectivity index (χ1v) is 13.9. The third kappa shape index (κ3) is 6.16. The standard InChI is InChI=1S/C31H33N7O6/c1-17(39)33-23-11-9-18-14-26(42-3)29(43-4)30(44-5)28(18)21-10-12-24(25(40)15-22(21)23)32-16-27(41)34-20-8-6-7-19(13-20)31-35-37-38(2)36-31/h6-8,10,12-15,23H,9,11,16H2,1-5H3,(H,32,40)(H,33,39)(H,34,41)/t23-/m1/s1. The Kier molecular flexibility index (Phi) is 8.74. The molecule has 1 aliphatic carbocycles. The van der Waals surface area contributed by atoms with E-state index in [0.717, 1.165) is 11.1 Å². The Balaban J connectivity index is 1.47. The van der Waals surface area contributed by atoms with Crippen molar-refractivity contribution in [1.29, 1.82) is 0 Å². The number of tetrazole rings is 1. The SMILES string of the molecule is COc1cc2c(c(OC)c1OC)-c1ccc(NCC(=O)Nc3cccc(-c4nnn(C)n4)c3)c(=O)cc1[C@H](NC(C)=O)CC2. The highest BCUT2D eigenvalue weighted by Gasteiger charge is 2.29. The summed E-state index contributed by atoms with van der Waals surface area (Å²) in [6.45, 7) is 1.27. The number of methoxy groups -OCH3 is 3. The molecule has 44 heavy (non-hydrogen) atoms. The lowest BCUT2D eigenvalue weighted by Gasteiger charge is -2.19. The minimum atomic E-state index is -0.441. The lowest BCUT2D eigenvalue weighted by atomic mass is 9.95. The molecular formula is C31H33N7O6. The molecular weight excluding hydrogens is 566 g/mol. The molecule has 3 N–H and O–H groups in total. The topological polar surface area (TPSA) is 159 Å². The highest BCUT2D eigenvalue weighted by atomic mass is 16.5. The number of ether oxygens (including phenoxy) is 3. The summed E-state index contributed by atoms with van der Waals surface area (Å²) in [6.07, 6.45) is 1.12. The summed E-state index contributed by atoms with van der Waals surface area (Å²) in [5, 5.41) is 20.8. The van der Waals surface area contributed by atoms with Gasteiger partial charge in [-0.2, -0.15) is 4.80 Å². The predicted molar refractivity (Wildman–Crippen MR) is 164 cm³/mol. The molecule has 228 valence electrons. The molecule has 0 bridgehead atoms. The number of carbonyl (C=O) groups excluding carboxylic acids is 2. The van der Waals surface area contributed by atoms with Crippen LogP contribution in [-0.4, -0.2) is 59.9 Å². The van der Waals surface area contributed by atoms with E-state index in [4.69, 9.17) is 14.2 Å². The lowest BCUT2D eigenvalue weighted by Crippen LogP contribution is -2.27. The molecule has 13 nitrogen and oxygen atoms in total. The number of anilines is 2. The Morgan fingerprint density at radius 2 is 1.82 bits per heavy atom. The van der Waals surface area contributed by atoms with Crippen LogP contribution in [0.25, 0.3) is 22.5 Å². The van der Waals surface area contributed by atoms with Gasteiger partial charge in [-0.15, -0.1) is 10.2 Å². The molecule has 1 atom stereocenters. The van der Waals surface area contributed by atoms with E-state index < -0.39 is 6.04 Å². The molecule has 0 radical (unpaired) electrons. The Labute approximate surface area is 253 Å². The van der Waals surface area contributed by atoms with Crippen molar-refractivity contribution in [2.24, 2.45) is 7.05 Å². The molecule has 1 aromatic heterocycles. The summed E-state index contributed by atoms with van der Waals surface area (Å²) in [4.78, 5) is 39.9. The molecule has 0 saturated carbocycles. The van der Waals surface area contributed by atoms with E-state index in [1.165, 1.54) is 24.9 Å². The number of carbonyl (C=O) groups is 2. The van der Waals surface area contributed by atoms with E-state index in [1.54, 1.807) is 51.6 Å². The average Bonchev–Trinajstić information content (AvgIpc) is 3.31. The van der Waals surface area contributed by atoms with Gasteiger partial charge in [-0.05, 0) is 65.1 Å². The smallest absolute Gasteiger partial charge is 0.243 e. The second-order valence-electron chi connectivity index (χ2n) is 10.2. The van der Waals surface area contributed by atoms with Crippen LogP contribution >= 0.6 is 0 Å². The van der Waals surface area contributed by atoms with Crippen LogP contribution in [0.2, 0.25) is 0 Å². The van der Waals surface area contributed by atoms with Crippen LogP contribution in [0.5, 0.6) is 17.2 Å². The summed E-state index contributed by atoms with van der Waals surface area (Å²) < 4.78 is 17.0. The molecule has 0 fully saturated rings. The largest absolute Gasteiger partial charge is 0.493 e. The fourth-order valence-corrected chi connectivity index (χ4v) is 5.37. The number of fused-ring (bicyclic) bond motifs is 3. The number of nitrogens with zero attached hydrogens (tertiary/aromatic N) is 4. The van der Waals surface area contributed by atoms with Gasteiger partial charge in [-0.25, -0.2) is 0 Å². The van der Waals surface area contributed by atoms with Gasteiger partial charge in [0.05, 0.1) is 46.7 Å². The zero-order valence-corrected chi connectivity index (χ0v) is 25.1. The van der Waals surface area contributed by atoms with Gasteiger partial charge in [0.25, 0.3) is 0 Å². The zero-order chi connectivity index (χ0) is 31.4.